The summed E-state index contributed by atoms with van der Waals surface area (Å²) in [5.74, 6) is -0.948. The van der Waals surface area contributed by atoms with Crippen molar-refractivity contribution in [3.05, 3.63) is 46.4 Å². The minimum atomic E-state index is -1.55. The van der Waals surface area contributed by atoms with Gasteiger partial charge in [-0.2, -0.15) is 0 Å². The quantitative estimate of drug-likeness (QED) is 0.635. The minimum absolute atomic E-state index is 0.102. The molecule has 1 amide bonds. The number of ether oxygens (including phenoxy) is 1. The van der Waals surface area contributed by atoms with E-state index < -0.39 is 11.6 Å². The third-order valence-corrected chi connectivity index (χ3v) is 3.41. The molecule has 1 aliphatic heterocycles. The maximum Gasteiger partial charge on any atom is 0.304 e. The van der Waals surface area contributed by atoms with Crippen LogP contribution in [0.2, 0.25) is 0 Å². The Morgan fingerprint density at radius 3 is 2.70 bits per heavy atom. The number of carbonyl (C=O) groups is 2. The number of hydrogen-bond donors (Lipinski definition) is 0. The van der Waals surface area contributed by atoms with Crippen molar-refractivity contribution in [1.82, 2.24) is 0 Å². The van der Waals surface area contributed by atoms with Gasteiger partial charge in [-0.15, -0.1) is 18.6 Å². The number of nitrogens with zero attached hydrogens (tertiary/aromatic N) is 2. The minimum Gasteiger partial charge on any atom is -0.677 e. The van der Waals surface area contributed by atoms with Crippen molar-refractivity contribution in [1.29, 1.82) is 0 Å². The highest BCUT2D eigenvalue weighted by Gasteiger charge is 2.51. The number of hydrogen-bond acceptors (Lipinski definition) is 3. The van der Waals surface area contributed by atoms with Crippen molar-refractivity contribution in [2.45, 2.75) is 12.5 Å². The Balaban J connectivity index is 2.68. The first-order valence-electron chi connectivity index (χ1n) is 5.98. The topological polar surface area (TPSA) is 60.7 Å². The number of rotatable bonds is 3. The molecule has 0 saturated heterocycles. The van der Waals surface area contributed by atoms with Crippen LogP contribution in [0.4, 0.5) is 5.69 Å². The van der Waals surface area contributed by atoms with Crippen LogP contribution in [0.5, 0.6) is 0 Å². The van der Waals surface area contributed by atoms with Crippen LogP contribution in [0.3, 0.4) is 0 Å². The molecule has 0 radical (unpaired) electrons. The summed E-state index contributed by atoms with van der Waals surface area (Å²) in [4.78, 5) is 25.5. The molecule has 2 rings (SSSR count). The van der Waals surface area contributed by atoms with Gasteiger partial charge in [0.1, 0.15) is 0 Å². The fourth-order valence-corrected chi connectivity index (χ4v) is 2.43. The third kappa shape index (κ3) is 2.14. The van der Waals surface area contributed by atoms with Crippen LogP contribution in [0.15, 0.2) is 35.5 Å². The summed E-state index contributed by atoms with van der Waals surface area (Å²) in [6.07, 6.45) is 1.36. The van der Waals surface area contributed by atoms with Crippen molar-refractivity contribution in [2.24, 2.45) is 0 Å². The van der Waals surface area contributed by atoms with E-state index in [0.717, 1.165) is 0 Å². The molecule has 20 heavy (non-hydrogen) atoms. The monoisotopic (exact) mass is 293 g/mol. The van der Waals surface area contributed by atoms with Gasteiger partial charge in [0.25, 0.3) is 5.91 Å². The fourth-order valence-electron chi connectivity index (χ4n) is 2.28. The molecule has 0 spiro atoms. The van der Waals surface area contributed by atoms with E-state index in [1.807, 2.05) is 6.07 Å². The Kier molecular flexibility index (Phi) is 3.72. The number of carbonyl (C=O) groups excluding carboxylic acids is 2. The average Bonchev–Trinajstić information content (AvgIpc) is 2.62. The SMILES string of the molecule is C[N-]/C(Cl)=C/[C@@]1(OC(C)=O)C(=O)N(C)c2ccccc21. The van der Waals surface area contributed by atoms with E-state index in [1.165, 1.54) is 24.9 Å². The second-order valence-electron chi connectivity index (χ2n) is 4.40. The molecule has 1 aliphatic rings. The molecule has 1 aromatic rings. The van der Waals surface area contributed by atoms with Crippen LogP contribution in [0.1, 0.15) is 12.5 Å². The van der Waals surface area contributed by atoms with Gasteiger partial charge >= 0.3 is 5.97 Å². The zero-order chi connectivity index (χ0) is 14.9. The maximum absolute atomic E-state index is 12.6. The zero-order valence-corrected chi connectivity index (χ0v) is 12.1. The van der Waals surface area contributed by atoms with Crippen LogP contribution in [-0.2, 0) is 19.9 Å². The number of amides is 1. The van der Waals surface area contributed by atoms with Crippen molar-refractivity contribution in [2.75, 3.05) is 19.0 Å². The summed E-state index contributed by atoms with van der Waals surface area (Å²) >= 11 is 5.93. The molecule has 0 fully saturated rings. The predicted molar refractivity (Wildman–Crippen MR) is 76.5 cm³/mol. The molecule has 0 saturated carbocycles. The Labute approximate surface area is 122 Å². The lowest BCUT2D eigenvalue weighted by molar-refractivity contribution is -0.160. The molecule has 1 aromatic carbocycles. The summed E-state index contributed by atoms with van der Waals surface area (Å²) in [6, 6.07) is 7.09. The van der Waals surface area contributed by atoms with Gasteiger partial charge in [-0.25, -0.2) is 0 Å². The number of anilines is 1. The van der Waals surface area contributed by atoms with Crippen LogP contribution in [-0.4, -0.2) is 26.0 Å². The fraction of sp³-hybridized carbons (Fsp3) is 0.286. The predicted octanol–water partition coefficient (Wildman–Crippen LogP) is 2.51. The molecule has 1 heterocycles. The van der Waals surface area contributed by atoms with Gasteiger partial charge in [0.15, 0.2) is 0 Å². The molecule has 1 atom stereocenters. The van der Waals surface area contributed by atoms with E-state index in [-0.39, 0.29) is 11.1 Å². The Bertz CT molecular complexity index is 600. The normalized spacial score (nSPS) is 21.7. The second kappa shape index (κ2) is 5.17. The summed E-state index contributed by atoms with van der Waals surface area (Å²) in [6.45, 7) is 1.25. The Morgan fingerprint density at radius 1 is 1.45 bits per heavy atom. The van der Waals surface area contributed by atoms with Crippen LogP contribution < -0.4 is 4.90 Å². The van der Waals surface area contributed by atoms with Gasteiger partial charge in [-0.1, -0.05) is 23.4 Å². The standard InChI is InChI=1S/C14H14ClN2O3/c1-9(18)20-14(8-12(15)16-2)10-6-4-5-7-11(10)17(3)13(14)19/h4-8H,1-3H3/q-1/b12-8+/t14-/m0/s1. The highest BCUT2D eigenvalue weighted by molar-refractivity contribution is 6.31. The van der Waals surface area contributed by atoms with Crippen molar-refractivity contribution in [3.8, 4) is 0 Å². The molecular formula is C14H14ClN2O3-. The lowest BCUT2D eigenvalue weighted by atomic mass is 9.95. The summed E-state index contributed by atoms with van der Waals surface area (Å²) in [7, 11) is 3.12. The average molecular weight is 294 g/mol. The van der Waals surface area contributed by atoms with E-state index in [2.05, 4.69) is 5.32 Å². The summed E-state index contributed by atoms with van der Waals surface area (Å²) < 4.78 is 5.33. The first kappa shape index (κ1) is 14.4. The van der Waals surface area contributed by atoms with Gasteiger partial charge in [0.05, 0.1) is 5.69 Å². The van der Waals surface area contributed by atoms with Gasteiger partial charge in [0, 0.05) is 19.5 Å². The second-order valence-corrected chi connectivity index (χ2v) is 4.79. The highest BCUT2D eigenvalue weighted by Crippen LogP contribution is 2.44. The van der Waals surface area contributed by atoms with E-state index >= 15 is 0 Å². The molecular weight excluding hydrogens is 280 g/mol. The lowest BCUT2D eigenvalue weighted by Gasteiger charge is -2.27. The molecule has 5 nitrogen and oxygen atoms in total. The highest BCUT2D eigenvalue weighted by atomic mass is 35.5. The number of esters is 1. The first-order chi connectivity index (χ1) is 9.42. The Morgan fingerprint density at radius 2 is 2.10 bits per heavy atom. The van der Waals surface area contributed by atoms with E-state index in [1.54, 1.807) is 25.2 Å². The van der Waals surface area contributed by atoms with E-state index in [9.17, 15) is 9.59 Å². The smallest absolute Gasteiger partial charge is 0.304 e. The molecule has 0 unspecified atom stereocenters. The largest absolute Gasteiger partial charge is 0.677 e. The number of likely N-dealkylation sites (N-methyl/N-ethyl adjacent to an activating group) is 1. The number of fused-ring (bicyclic) bond motifs is 1. The molecule has 0 bridgehead atoms. The third-order valence-electron chi connectivity index (χ3n) is 3.13. The molecule has 0 N–H and O–H groups in total. The molecule has 6 heteroatoms. The molecule has 0 aromatic heterocycles. The number of para-hydroxylation sites is 1. The van der Waals surface area contributed by atoms with Crippen LogP contribution in [0.25, 0.3) is 5.32 Å². The number of halogens is 1. The molecule has 106 valence electrons. The molecule has 0 aliphatic carbocycles. The zero-order valence-electron chi connectivity index (χ0n) is 11.4. The van der Waals surface area contributed by atoms with E-state index in [0.29, 0.717) is 11.3 Å². The lowest BCUT2D eigenvalue weighted by Crippen LogP contribution is -2.40. The maximum atomic E-state index is 12.6. The van der Waals surface area contributed by atoms with Gasteiger partial charge in [-0.05, 0) is 12.1 Å². The van der Waals surface area contributed by atoms with Crippen molar-refractivity contribution < 1.29 is 14.3 Å². The van der Waals surface area contributed by atoms with Crippen molar-refractivity contribution >= 4 is 29.2 Å². The Hall–Kier alpha value is -2.01. The van der Waals surface area contributed by atoms with Crippen molar-refractivity contribution in [3.63, 3.8) is 0 Å². The first-order valence-corrected chi connectivity index (χ1v) is 6.35. The van der Waals surface area contributed by atoms with Gasteiger partial charge in [0.2, 0.25) is 5.60 Å². The van der Waals surface area contributed by atoms with Crippen LogP contribution >= 0.6 is 11.6 Å². The van der Waals surface area contributed by atoms with Gasteiger partial charge < -0.3 is 15.0 Å². The van der Waals surface area contributed by atoms with Crippen LogP contribution in [0, 0.1) is 0 Å². The summed E-state index contributed by atoms with van der Waals surface area (Å²) in [5.41, 5.74) is -0.298. The van der Waals surface area contributed by atoms with E-state index in [4.69, 9.17) is 16.3 Å². The summed E-state index contributed by atoms with van der Waals surface area (Å²) in [5, 5.41) is 3.90. The van der Waals surface area contributed by atoms with Gasteiger partial charge in [-0.3, -0.25) is 9.59 Å². The number of benzene rings is 1.